The van der Waals surface area contributed by atoms with E-state index >= 15 is 0 Å². The van der Waals surface area contributed by atoms with Crippen LogP contribution in [0.25, 0.3) is 0 Å². The summed E-state index contributed by atoms with van der Waals surface area (Å²) in [4.78, 5) is 18.0. The standard InChI is InChI=1S/C22H25FN2O4S2/c1-11-15-8-9-22(3)10-16-18(12(2)17(22)19(15)29-20(11)26)24-21(30-16)25-31(27,28)14-6-4-13(23)5-7-14/h4-7,11-12,15,17,19H,8-10H2,1-3H3,(H,24,25)/t11-,12-,15-,17+,19-,22-/m0/s1. The van der Waals surface area contributed by atoms with Crippen LogP contribution >= 0.6 is 11.3 Å². The molecule has 1 saturated heterocycles. The first-order valence-electron chi connectivity index (χ1n) is 10.6. The molecular formula is C22H25FN2O4S2. The number of rotatable bonds is 3. The fraction of sp³-hybridized carbons (Fsp3) is 0.545. The largest absolute Gasteiger partial charge is 0.461 e. The van der Waals surface area contributed by atoms with Gasteiger partial charge in [-0.3, -0.25) is 9.52 Å². The zero-order valence-electron chi connectivity index (χ0n) is 17.6. The van der Waals surface area contributed by atoms with Crippen molar-refractivity contribution in [2.75, 3.05) is 4.72 Å². The topological polar surface area (TPSA) is 85.4 Å². The molecule has 1 aliphatic heterocycles. The van der Waals surface area contributed by atoms with E-state index in [4.69, 9.17) is 4.74 Å². The Balaban J connectivity index is 1.45. The molecule has 0 unspecified atom stereocenters. The van der Waals surface area contributed by atoms with E-state index in [1.807, 2.05) is 6.92 Å². The number of esters is 1. The summed E-state index contributed by atoms with van der Waals surface area (Å²) >= 11 is 1.36. The number of thiazole rings is 1. The molecule has 166 valence electrons. The number of sulfonamides is 1. The van der Waals surface area contributed by atoms with Crippen LogP contribution in [0, 0.1) is 29.0 Å². The molecule has 0 bridgehead atoms. The van der Waals surface area contributed by atoms with E-state index in [9.17, 15) is 17.6 Å². The van der Waals surface area contributed by atoms with E-state index in [-0.39, 0.29) is 46.1 Å². The molecule has 9 heteroatoms. The maximum absolute atomic E-state index is 13.2. The Morgan fingerprint density at radius 3 is 2.65 bits per heavy atom. The molecule has 2 heterocycles. The zero-order chi connectivity index (χ0) is 22.1. The molecule has 1 saturated carbocycles. The Hall–Kier alpha value is -2.00. The predicted molar refractivity (Wildman–Crippen MR) is 115 cm³/mol. The van der Waals surface area contributed by atoms with Crippen molar-refractivity contribution in [1.29, 1.82) is 0 Å². The molecule has 0 radical (unpaired) electrons. The zero-order valence-corrected chi connectivity index (χ0v) is 19.2. The van der Waals surface area contributed by atoms with Crippen LogP contribution in [-0.2, 0) is 26.0 Å². The summed E-state index contributed by atoms with van der Waals surface area (Å²) < 4.78 is 47.0. The number of aromatic nitrogens is 1. The van der Waals surface area contributed by atoms with Crippen molar-refractivity contribution in [1.82, 2.24) is 4.98 Å². The molecule has 2 fully saturated rings. The monoisotopic (exact) mass is 464 g/mol. The number of carbonyl (C=O) groups is 1. The minimum absolute atomic E-state index is 0.00884. The van der Waals surface area contributed by atoms with Crippen molar-refractivity contribution in [3.8, 4) is 0 Å². The molecule has 3 aliphatic rings. The second kappa shape index (κ2) is 7.00. The first kappa shape index (κ1) is 20.9. The van der Waals surface area contributed by atoms with Crippen LogP contribution in [0.1, 0.15) is 50.1 Å². The average Bonchev–Trinajstić information content (AvgIpc) is 3.21. The predicted octanol–water partition coefficient (Wildman–Crippen LogP) is 4.34. The first-order valence-corrected chi connectivity index (χ1v) is 12.9. The van der Waals surface area contributed by atoms with Crippen molar-refractivity contribution >= 4 is 32.5 Å². The van der Waals surface area contributed by atoms with Crippen LogP contribution in [0.4, 0.5) is 9.52 Å². The molecule has 0 amide bonds. The highest BCUT2D eigenvalue weighted by molar-refractivity contribution is 7.93. The number of nitrogens with zero attached hydrogens (tertiary/aromatic N) is 1. The molecule has 2 aromatic rings. The number of halogens is 1. The van der Waals surface area contributed by atoms with Gasteiger partial charge in [-0.2, -0.15) is 0 Å². The molecule has 1 aromatic heterocycles. The van der Waals surface area contributed by atoms with Crippen LogP contribution in [0.2, 0.25) is 0 Å². The third-order valence-electron chi connectivity index (χ3n) is 7.50. The maximum Gasteiger partial charge on any atom is 0.309 e. The number of nitrogens with one attached hydrogen (secondary N) is 1. The van der Waals surface area contributed by atoms with Gasteiger partial charge in [0.2, 0.25) is 0 Å². The van der Waals surface area contributed by atoms with Gasteiger partial charge in [-0.05, 0) is 48.9 Å². The Bertz CT molecular complexity index is 1150. The molecule has 1 aromatic carbocycles. The van der Waals surface area contributed by atoms with Gasteiger partial charge in [0.05, 0.1) is 16.5 Å². The molecule has 2 aliphatic carbocycles. The van der Waals surface area contributed by atoms with Crippen molar-refractivity contribution in [2.24, 2.45) is 23.2 Å². The van der Waals surface area contributed by atoms with Gasteiger partial charge >= 0.3 is 5.97 Å². The van der Waals surface area contributed by atoms with Gasteiger partial charge in [-0.15, -0.1) is 11.3 Å². The van der Waals surface area contributed by atoms with Crippen LogP contribution in [-0.4, -0.2) is 25.5 Å². The Morgan fingerprint density at radius 1 is 1.23 bits per heavy atom. The highest BCUT2D eigenvalue weighted by Gasteiger charge is 2.58. The average molecular weight is 465 g/mol. The number of hydrogen-bond donors (Lipinski definition) is 1. The lowest BCUT2D eigenvalue weighted by atomic mass is 9.54. The lowest BCUT2D eigenvalue weighted by Gasteiger charge is -2.51. The molecule has 5 rings (SSSR count). The summed E-state index contributed by atoms with van der Waals surface area (Å²) in [5.41, 5.74) is 0.873. The smallest absolute Gasteiger partial charge is 0.309 e. The lowest BCUT2D eigenvalue weighted by molar-refractivity contribution is -0.149. The molecule has 1 N–H and O–H groups in total. The summed E-state index contributed by atoms with van der Waals surface area (Å²) in [5.74, 6) is -0.213. The fourth-order valence-electron chi connectivity index (χ4n) is 5.91. The normalized spacial score (nSPS) is 34.5. The molecule has 6 atom stereocenters. The summed E-state index contributed by atoms with van der Waals surface area (Å²) in [6.07, 6.45) is 2.67. The van der Waals surface area contributed by atoms with Crippen LogP contribution in [0.5, 0.6) is 0 Å². The lowest BCUT2D eigenvalue weighted by Crippen LogP contribution is -2.50. The number of benzene rings is 1. The Kier molecular flexibility index (Phi) is 4.71. The molecule has 31 heavy (non-hydrogen) atoms. The molecule has 6 nitrogen and oxygen atoms in total. The van der Waals surface area contributed by atoms with E-state index < -0.39 is 15.8 Å². The van der Waals surface area contributed by atoms with Gasteiger partial charge in [-0.25, -0.2) is 17.8 Å². The Morgan fingerprint density at radius 2 is 1.94 bits per heavy atom. The SMILES string of the molecule is C[C@@H]1C(=O)O[C@H]2[C@H]1CC[C@@]1(C)Cc3sc(NS(=O)(=O)c4ccc(F)cc4)nc3[C@@H](C)[C@H]21. The maximum atomic E-state index is 13.2. The highest BCUT2D eigenvalue weighted by atomic mass is 32.2. The van der Waals surface area contributed by atoms with Gasteiger partial charge < -0.3 is 4.74 Å². The van der Waals surface area contributed by atoms with Crippen molar-refractivity contribution in [2.45, 2.75) is 57.0 Å². The number of fused-ring (bicyclic) bond motifs is 4. The second-order valence-corrected chi connectivity index (χ2v) is 12.2. The number of carbonyl (C=O) groups excluding carboxylic acids is 1. The summed E-state index contributed by atoms with van der Waals surface area (Å²) in [5, 5.41) is 0.316. The van der Waals surface area contributed by atoms with Gasteiger partial charge in [-0.1, -0.05) is 20.8 Å². The van der Waals surface area contributed by atoms with Crippen molar-refractivity contribution in [3.63, 3.8) is 0 Å². The van der Waals surface area contributed by atoms with Gasteiger partial charge in [0.25, 0.3) is 10.0 Å². The quantitative estimate of drug-likeness (QED) is 0.683. The third kappa shape index (κ3) is 3.28. The number of hydrogen-bond acceptors (Lipinski definition) is 6. The Labute approximate surface area is 185 Å². The summed E-state index contributed by atoms with van der Waals surface area (Å²) in [6, 6.07) is 4.71. The van der Waals surface area contributed by atoms with Crippen molar-refractivity contribution < 1.29 is 22.3 Å². The minimum Gasteiger partial charge on any atom is -0.461 e. The van der Waals surface area contributed by atoms with Crippen LogP contribution < -0.4 is 4.72 Å². The van der Waals surface area contributed by atoms with E-state index in [1.165, 1.54) is 23.5 Å². The molecule has 0 spiro atoms. The van der Waals surface area contributed by atoms with Gasteiger partial charge in [0.1, 0.15) is 11.9 Å². The summed E-state index contributed by atoms with van der Waals surface area (Å²) in [7, 11) is -3.85. The van der Waals surface area contributed by atoms with Crippen molar-refractivity contribution in [3.05, 3.63) is 40.7 Å². The van der Waals surface area contributed by atoms with E-state index in [2.05, 4.69) is 23.6 Å². The third-order valence-corrected chi connectivity index (χ3v) is 9.97. The summed E-state index contributed by atoms with van der Waals surface area (Å²) in [6.45, 7) is 6.32. The van der Waals surface area contributed by atoms with E-state index in [0.717, 1.165) is 42.0 Å². The number of anilines is 1. The molecular weight excluding hydrogens is 439 g/mol. The van der Waals surface area contributed by atoms with Gasteiger partial charge in [0.15, 0.2) is 5.13 Å². The first-order chi connectivity index (χ1) is 14.6. The highest BCUT2D eigenvalue weighted by Crippen LogP contribution is 2.59. The van der Waals surface area contributed by atoms with E-state index in [0.29, 0.717) is 5.13 Å². The van der Waals surface area contributed by atoms with Crippen LogP contribution in [0.15, 0.2) is 29.2 Å². The van der Waals surface area contributed by atoms with Crippen LogP contribution in [0.3, 0.4) is 0 Å². The number of ether oxygens (including phenoxy) is 1. The second-order valence-electron chi connectivity index (χ2n) is 9.42. The van der Waals surface area contributed by atoms with E-state index in [1.54, 1.807) is 0 Å². The minimum atomic E-state index is -3.85. The fourth-order valence-corrected chi connectivity index (χ4v) is 8.41. The van der Waals surface area contributed by atoms with Gasteiger partial charge in [0, 0.05) is 22.6 Å².